The first kappa shape index (κ1) is 16.5. The van der Waals surface area contributed by atoms with Gasteiger partial charge in [-0.25, -0.2) is 0 Å². The van der Waals surface area contributed by atoms with Gasteiger partial charge in [-0.3, -0.25) is 0 Å². The van der Waals surface area contributed by atoms with Gasteiger partial charge in [0.25, 0.3) is 0 Å². The molecule has 0 bridgehead atoms. The van der Waals surface area contributed by atoms with Crippen molar-refractivity contribution in [3.63, 3.8) is 0 Å². The number of phenols is 1. The maximum atomic E-state index is 10.7. The average Bonchev–Trinajstić information content (AvgIpc) is 2.98. The van der Waals surface area contributed by atoms with E-state index in [0.29, 0.717) is 12.1 Å². The molecule has 0 radical (unpaired) electrons. The van der Waals surface area contributed by atoms with Gasteiger partial charge in [0.15, 0.2) is 0 Å². The minimum atomic E-state index is 0.0656. The third-order valence-electron chi connectivity index (χ3n) is 4.27. The van der Waals surface area contributed by atoms with Gasteiger partial charge in [-0.1, -0.05) is 32.9 Å². The quantitative estimate of drug-likeness (QED) is 0.754. The molecule has 0 saturated heterocycles. The molecule has 0 fully saturated rings. The second kappa shape index (κ2) is 6.61. The highest BCUT2D eigenvalue weighted by atomic mass is 16.3. The summed E-state index contributed by atoms with van der Waals surface area (Å²) < 4.78 is 0. The minimum absolute atomic E-state index is 0.0656. The van der Waals surface area contributed by atoms with Gasteiger partial charge in [-0.15, -0.1) is 15.0 Å². The molecule has 1 aromatic heterocycles. The molecule has 2 aromatic carbocycles. The molecule has 0 saturated carbocycles. The number of aromatic nitrogens is 3. The van der Waals surface area contributed by atoms with E-state index in [1.807, 2.05) is 44.2 Å². The van der Waals surface area contributed by atoms with Gasteiger partial charge in [0.1, 0.15) is 22.5 Å². The van der Waals surface area contributed by atoms with Crippen molar-refractivity contribution >= 4 is 11.0 Å². The van der Waals surface area contributed by atoms with E-state index >= 15 is 0 Å². The van der Waals surface area contributed by atoms with Crippen LogP contribution in [0.1, 0.15) is 43.4 Å². The summed E-state index contributed by atoms with van der Waals surface area (Å²) in [6.07, 6.45) is 1.48. The molecule has 0 amide bonds. The van der Waals surface area contributed by atoms with Crippen molar-refractivity contribution in [1.29, 1.82) is 0 Å². The Kier molecular flexibility index (Phi) is 4.53. The summed E-state index contributed by atoms with van der Waals surface area (Å²) in [6.45, 7) is 6.23. The van der Waals surface area contributed by atoms with Crippen LogP contribution in [-0.2, 0) is 12.8 Å². The molecule has 5 nitrogen and oxygen atoms in total. The zero-order valence-electron chi connectivity index (χ0n) is 14.3. The molecule has 0 aliphatic heterocycles. The molecule has 2 N–H and O–H groups in total. The van der Waals surface area contributed by atoms with E-state index in [4.69, 9.17) is 0 Å². The Morgan fingerprint density at radius 1 is 1.04 bits per heavy atom. The number of aromatic hydroxyl groups is 1. The van der Waals surface area contributed by atoms with Gasteiger partial charge in [-0.05, 0) is 53.6 Å². The Morgan fingerprint density at radius 2 is 1.79 bits per heavy atom. The van der Waals surface area contributed by atoms with E-state index in [1.165, 1.54) is 10.4 Å². The van der Waals surface area contributed by atoms with E-state index in [2.05, 4.69) is 17.1 Å². The third-order valence-corrected chi connectivity index (χ3v) is 4.27. The molecule has 0 spiro atoms. The molecule has 0 aliphatic carbocycles. The van der Waals surface area contributed by atoms with Crippen molar-refractivity contribution in [2.45, 2.75) is 39.5 Å². The zero-order valence-corrected chi connectivity index (χ0v) is 14.3. The minimum Gasteiger partial charge on any atom is -0.505 e. The first-order chi connectivity index (χ1) is 11.5. The van der Waals surface area contributed by atoms with Crippen LogP contribution < -0.4 is 0 Å². The van der Waals surface area contributed by atoms with E-state index in [-0.39, 0.29) is 18.3 Å². The van der Waals surface area contributed by atoms with E-state index in [9.17, 15) is 10.2 Å². The number of fused-ring (bicyclic) bond motifs is 1. The van der Waals surface area contributed by atoms with Crippen molar-refractivity contribution in [3.8, 4) is 11.4 Å². The lowest BCUT2D eigenvalue weighted by molar-refractivity contribution is 0.299. The second-order valence-corrected chi connectivity index (χ2v) is 6.35. The average molecular weight is 325 g/mol. The number of nitrogens with zero attached hydrogens (tertiary/aromatic N) is 3. The van der Waals surface area contributed by atoms with Crippen LogP contribution >= 0.6 is 0 Å². The second-order valence-electron chi connectivity index (χ2n) is 6.35. The smallest absolute Gasteiger partial charge is 0.146 e. The lowest BCUT2D eigenvalue weighted by Gasteiger charge is -2.14. The number of hydrogen-bond acceptors (Lipinski definition) is 4. The third kappa shape index (κ3) is 2.99. The monoisotopic (exact) mass is 325 g/mol. The van der Waals surface area contributed by atoms with Crippen molar-refractivity contribution in [3.05, 3.63) is 47.0 Å². The lowest BCUT2D eigenvalue weighted by atomic mass is 9.97. The first-order valence-corrected chi connectivity index (χ1v) is 8.36. The van der Waals surface area contributed by atoms with Gasteiger partial charge in [-0.2, -0.15) is 0 Å². The van der Waals surface area contributed by atoms with Crippen LogP contribution in [0.15, 0.2) is 30.3 Å². The highest BCUT2D eigenvalue weighted by Crippen LogP contribution is 2.33. The molecule has 0 aliphatic rings. The van der Waals surface area contributed by atoms with Crippen LogP contribution in [0.4, 0.5) is 0 Å². The maximum Gasteiger partial charge on any atom is 0.146 e. The summed E-state index contributed by atoms with van der Waals surface area (Å²) in [5.41, 5.74) is 5.17. The molecular formula is C19H23N3O2. The molecule has 0 atom stereocenters. The molecule has 5 heteroatoms. The topological polar surface area (TPSA) is 71.2 Å². The summed E-state index contributed by atoms with van der Waals surface area (Å²) in [7, 11) is 0. The van der Waals surface area contributed by atoms with Crippen LogP contribution in [0, 0.1) is 0 Å². The first-order valence-electron chi connectivity index (χ1n) is 8.36. The van der Waals surface area contributed by atoms with Gasteiger partial charge in [0.2, 0.25) is 0 Å². The van der Waals surface area contributed by atoms with Gasteiger partial charge in [0.05, 0.1) is 0 Å². The number of rotatable bonds is 5. The number of phenolic OH excluding ortho intramolecular Hbond substituents is 1. The fraction of sp³-hybridized carbons (Fsp3) is 0.368. The summed E-state index contributed by atoms with van der Waals surface area (Å²) >= 11 is 0. The summed E-state index contributed by atoms with van der Waals surface area (Å²) in [5.74, 6) is 0.363. The normalized spacial score (nSPS) is 11.5. The van der Waals surface area contributed by atoms with Crippen LogP contribution in [-0.4, -0.2) is 31.8 Å². The Labute approximate surface area is 141 Å². The predicted molar refractivity (Wildman–Crippen MR) is 94.8 cm³/mol. The van der Waals surface area contributed by atoms with Crippen LogP contribution in [0.3, 0.4) is 0 Å². The Morgan fingerprint density at radius 3 is 2.46 bits per heavy atom. The van der Waals surface area contributed by atoms with E-state index < -0.39 is 0 Å². The Hall–Kier alpha value is -2.40. The Bertz CT molecular complexity index is 868. The van der Waals surface area contributed by atoms with Gasteiger partial charge < -0.3 is 10.2 Å². The van der Waals surface area contributed by atoms with Crippen LogP contribution in [0.5, 0.6) is 5.75 Å². The number of aliphatic hydroxyl groups excluding tert-OH is 1. The summed E-state index contributed by atoms with van der Waals surface area (Å²) in [4.78, 5) is 1.49. The molecule has 0 unspecified atom stereocenters. The summed E-state index contributed by atoms with van der Waals surface area (Å²) in [6, 6.07) is 9.81. The molecular weight excluding hydrogens is 302 g/mol. The highest BCUT2D eigenvalue weighted by Gasteiger charge is 2.16. The van der Waals surface area contributed by atoms with Crippen LogP contribution in [0.2, 0.25) is 0 Å². The Balaban J connectivity index is 2.16. The molecule has 1 heterocycles. The maximum absolute atomic E-state index is 10.7. The van der Waals surface area contributed by atoms with Crippen molar-refractivity contribution in [1.82, 2.24) is 15.0 Å². The standard InChI is InChI=1S/C19H23N3O2/c1-4-13-5-6-16-17(10-13)21-22(20-16)18-11-14(7-8-23)9-15(12(2)3)19(18)24/h5-6,9-12,23-24H,4,7-8H2,1-3H3. The number of aryl methyl sites for hydroxylation is 1. The van der Waals surface area contributed by atoms with Crippen molar-refractivity contribution < 1.29 is 10.2 Å². The van der Waals surface area contributed by atoms with Gasteiger partial charge in [0, 0.05) is 6.61 Å². The number of hydrogen-bond donors (Lipinski definition) is 2. The number of aliphatic hydroxyl groups is 1. The van der Waals surface area contributed by atoms with Gasteiger partial charge >= 0.3 is 0 Å². The number of benzene rings is 2. The van der Waals surface area contributed by atoms with E-state index in [0.717, 1.165) is 28.6 Å². The largest absolute Gasteiger partial charge is 0.505 e. The molecule has 126 valence electrons. The molecule has 3 aromatic rings. The molecule has 24 heavy (non-hydrogen) atoms. The SMILES string of the molecule is CCc1ccc2nn(-c3cc(CCO)cc(C(C)C)c3O)nc2c1. The zero-order chi connectivity index (χ0) is 17.3. The fourth-order valence-electron chi connectivity index (χ4n) is 2.86. The fourth-order valence-corrected chi connectivity index (χ4v) is 2.86. The van der Waals surface area contributed by atoms with Crippen molar-refractivity contribution in [2.75, 3.05) is 6.61 Å². The lowest BCUT2D eigenvalue weighted by Crippen LogP contribution is -2.04. The van der Waals surface area contributed by atoms with E-state index in [1.54, 1.807) is 0 Å². The molecule has 3 rings (SSSR count). The van der Waals surface area contributed by atoms with Crippen molar-refractivity contribution in [2.24, 2.45) is 0 Å². The highest BCUT2D eigenvalue weighted by molar-refractivity contribution is 5.75. The van der Waals surface area contributed by atoms with Crippen LogP contribution in [0.25, 0.3) is 16.7 Å². The predicted octanol–water partition coefficient (Wildman–Crippen LogP) is 3.35. The summed E-state index contributed by atoms with van der Waals surface area (Å²) in [5, 5.41) is 29.0.